The number of tetrazole rings is 1. The van der Waals surface area contributed by atoms with Gasteiger partial charge in [0.1, 0.15) is 6.04 Å². The Morgan fingerprint density at radius 2 is 1.89 bits per heavy atom. The summed E-state index contributed by atoms with van der Waals surface area (Å²) >= 11 is 0. The third-order valence-electron chi connectivity index (χ3n) is 7.84. The molecule has 2 aromatic heterocycles. The number of aryl methyl sites for hydroxylation is 1. The van der Waals surface area contributed by atoms with Crippen molar-refractivity contribution in [1.82, 2.24) is 30.1 Å². The van der Waals surface area contributed by atoms with E-state index in [0.717, 1.165) is 43.0 Å². The smallest absolute Gasteiger partial charge is 0.309 e. The Morgan fingerprint density at radius 1 is 1.11 bits per heavy atom. The first-order valence-electron chi connectivity index (χ1n) is 13.4. The minimum atomic E-state index is -0.386. The zero-order valence-corrected chi connectivity index (χ0v) is 21.3. The van der Waals surface area contributed by atoms with Crippen LogP contribution in [0.1, 0.15) is 87.8 Å². The fraction of sp³-hybridized carbons (Fsp3) is 0.593. The molecular formula is C27H36N6O3. The summed E-state index contributed by atoms with van der Waals surface area (Å²) in [5.74, 6) is 0.475. The molecule has 1 aliphatic carbocycles. The van der Waals surface area contributed by atoms with Crippen LogP contribution in [0.5, 0.6) is 0 Å². The molecule has 5 rings (SSSR count). The second kappa shape index (κ2) is 10.9. The maximum Gasteiger partial charge on any atom is 0.309 e. The number of pyridine rings is 1. The van der Waals surface area contributed by atoms with Gasteiger partial charge in [-0.05, 0) is 78.6 Å². The van der Waals surface area contributed by atoms with Crippen LogP contribution >= 0.6 is 0 Å². The lowest BCUT2D eigenvalue weighted by Crippen LogP contribution is -2.42. The number of carbonyl (C=O) groups excluding carboxylic acids is 1. The van der Waals surface area contributed by atoms with Crippen molar-refractivity contribution in [1.29, 1.82) is 0 Å². The predicted octanol–water partition coefficient (Wildman–Crippen LogP) is 3.95. The number of rotatable bonds is 7. The molecule has 9 nitrogen and oxygen atoms in total. The lowest BCUT2D eigenvalue weighted by atomic mass is 9.92. The van der Waals surface area contributed by atoms with Gasteiger partial charge in [-0.3, -0.25) is 14.5 Å². The molecule has 3 heterocycles. The van der Waals surface area contributed by atoms with Crippen LogP contribution in [-0.2, 0) is 16.0 Å². The Labute approximate surface area is 211 Å². The summed E-state index contributed by atoms with van der Waals surface area (Å²) in [6, 6.07) is 8.04. The average Bonchev–Trinajstić information content (AvgIpc) is 3.39. The van der Waals surface area contributed by atoms with Crippen LogP contribution in [0.15, 0.2) is 29.1 Å². The number of aromatic nitrogens is 5. The van der Waals surface area contributed by atoms with E-state index < -0.39 is 0 Å². The normalized spacial score (nSPS) is 18.9. The Bertz CT molecular complexity index is 1250. The van der Waals surface area contributed by atoms with Crippen molar-refractivity contribution in [3.63, 3.8) is 0 Å². The summed E-state index contributed by atoms with van der Waals surface area (Å²) in [5, 5.41) is 14.0. The van der Waals surface area contributed by atoms with Crippen molar-refractivity contribution in [2.45, 2.75) is 77.3 Å². The average molecular weight is 493 g/mol. The fourth-order valence-corrected chi connectivity index (χ4v) is 5.81. The van der Waals surface area contributed by atoms with Crippen molar-refractivity contribution in [2.24, 2.45) is 5.92 Å². The van der Waals surface area contributed by atoms with Crippen molar-refractivity contribution in [3.05, 3.63) is 51.6 Å². The van der Waals surface area contributed by atoms with Gasteiger partial charge in [-0.15, -0.1) is 5.10 Å². The molecule has 1 N–H and O–H groups in total. The number of benzene rings is 1. The van der Waals surface area contributed by atoms with Gasteiger partial charge in [0.25, 0.3) is 5.56 Å². The van der Waals surface area contributed by atoms with Gasteiger partial charge in [0.15, 0.2) is 5.82 Å². The number of hydrogen-bond acceptors (Lipinski definition) is 7. The molecule has 3 aromatic rings. The highest BCUT2D eigenvalue weighted by molar-refractivity contribution is 5.80. The summed E-state index contributed by atoms with van der Waals surface area (Å²) in [5.41, 5.74) is 2.58. The molecule has 1 saturated heterocycles. The number of likely N-dealkylation sites (tertiary alicyclic amines) is 1. The highest BCUT2D eigenvalue weighted by atomic mass is 16.5. The summed E-state index contributed by atoms with van der Waals surface area (Å²) in [6.45, 7) is 5.69. The minimum absolute atomic E-state index is 0.113. The number of fused-ring (bicyclic) bond motifs is 1. The van der Waals surface area contributed by atoms with Crippen LogP contribution in [0.25, 0.3) is 10.9 Å². The van der Waals surface area contributed by atoms with Crippen LogP contribution in [0.4, 0.5) is 0 Å². The second-order valence-corrected chi connectivity index (χ2v) is 10.1. The Kier molecular flexibility index (Phi) is 7.46. The molecule has 0 bridgehead atoms. The summed E-state index contributed by atoms with van der Waals surface area (Å²) in [4.78, 5) is 31.2. The zero-order chi connectivity index (χ0) is 25.1. The number of piperidine rings is 1. The standard InChI is InChI=1S/C27H36N6O3/c1-3-18-10-11-23-20(16-18)17-22(26(34)28-23)24(32-14-12-19(13-15-32)27(35)36-4-2)25-29-30-31-33(25)21-8-6-5-7-9-21/h10-11,16-17,19,21,24H,3-9,12-15H2,1-2H3,(H,28,34)/t24-/m0/s1. The second-order valence-electron chi connectivity index (χ2n) is 10.1. The molecule has 0 spiro atoms. The van der Waals surface area contributed by atoms with Crippen molar-refractivity contribution < 1.29 is 9.53 Å². The highest BCUT2D eigenvalue weighted by Gasteiger charge is 2.36. The maximum atomic E-state index is 13.5. The van der Waals surface area contributed by atoms with E-state index in [1.807, 2.05) is 23.7 Å². The van der Waals surface area contributed by atoms with Gasteiger partial charge < -0.3 is 9.72 Å². The Hall–Kier alpha value is -3.07. The number of ether oxygens (including phenoxy) is 1. The van der Waals surface area contributed by atoms with Gasteiger partial charge in [0, 0.05) is 24.2 Å². The van der Waals surface area contributed by atoms with Gasteiger partial charge >= 0.3 is 5.97 Å². The van der Waals surface area contributed by atoms with Crippen LogP contribution < -0.4 is 5.56 Å². The van der Waals surface area contributed by atoms with Crippen LogP contribution in [-0.4, -0.2) is 55.8 Å². The van der Waals surface area contributed by atoms with E-state index in [0.29, 0.717) is 43.9 Å². The molecule has 1 aliphatic heterocycles. The first-order valence-corrected chi connectivity index (χ1v) is 13.4. The molecule has 192 valence electrons. The number of aromatic amines is 1. The third-order valence-corrected chi connectivity index (χ3v) is 7.84. The molecule has 1 atom stereocenters. The lowest BCUT2D eigenvalue weighted by Gasteiger charge is -2.36. The number of esters is 1. The highest BCUT2D eigenvalue weighted by Crippen LogP contribution is 2.35. The quantitative estimate of drug-likeness (QED) is 0.498. The SMILES string of the molecule is CCOC(=O)C1CCN([C@@H](c2cc3cc(CC)ccc3[nH]c2=O)c2nnnn2C2CCCCC2)CC1. The molecule has 0 unspecified atom stereocenters. The fourth-order valence-electron chi connectivity index (χ4n) is 5.81. The molecule has 2 aliphatic rings. The number of carbonyl (C=O) groups is 1. The number of hydrogen-bond donors (Lipinski definition) is 1. The molecule has 36 heavy (non-hydrogen) atoms. The minimum Gasteiger partial charge on any atom is -0.466 e. The maximum absolute atomic E-state index is 13.5. The van der Waals surface area contributed by atoms with Crippen LogP contribution in [0.3, 0.4) is 0 Å². The van der Waals surface area contributed by atoms with E-state index in [4.69, 9.17) is 4.74 Å². The van der Waals surface area contributed by atoms with Gasteiger partial charge in [-0.25, -0.2) is 4.68 Å². The third kappa shape index (κ3) is 4.93. The van der Waals surface area contributed by atoms with E-state index in [1.165, 1.54) is 12.0 Å². The van der Waals surface area contributed by atoms with E-state index in [-0.39, 0.29) is 29.5 Å². The van der Waals surface area contributed by atoms with E-state index in [2.05, 4.69) is 44.5 Å². The first-order chi connectivity index (χ1) is 17.6. The van der Waals surface area contributed by atoms with Crippen molar-refractivity contribution >= 4 is 16.9 Å². The van der Waals surface area contributed by atoms with Crippen LogP contribution in [0, 0.1) is 5.92 Å². The molecule has 0 amide bonds. The van der Waals surface area contributed by atoms with Crippen molar-refractivity contribution in [3.8, 4) is 0 Å². The van der Waals surface area contributed by atoms with Crippen molar-refractivity contribution in [2.75, 3.05) is 19.7 Å². The van der Waals surface area contributed by atoms with Gasteiger partial charge in [0.05, 0.1) is 18.6 Å². The summed E-state index contributed by atoms with van der Waals surface area (Å²) in [6.07, 6.45) is 7.95. The number of nitrogens with one attached hydrogen (secondary N) is 1. The predicted molar refractivity (Wildman–Crippen MR) is 137 cm³/mol. The first kappa shape index (κ1) is 24.6. The lowest BCUT2D eigenvalue weighted by molar-refractivity contribution is -0.149. The Morgan fingerprint density at radius 3 is 2.61 bits per heavy atom. The molecular weight excluding hydrogens is 456 g/mol. The number of nitrogens with zero attached hydrogens (tertiary/aromatic N) is 5. The summed E-state index contributed by atoms with van der Waals surface area (Å²) in [7, 11) is 0. The molecule has 2 fully saturated rings. The molecule has 1 saturated carbocycles. The zero-order valence-electron chi connectivity index (χ0n) is 21.3. The van der Waals surface area contributed by atoms with Gasteiger partial charge in [0.2, 0.25) is 0 Å². The number of H-pyrrole nitrogens is 1. The molecule has 9 heteroatoms. The monoisotopic (exact) mass is 492 g/mol. The van der Waals surface area contributed by atoms with Gasteiger partial charge in [-0.1, -0.05) is 32.3 Å². The Balaban J connectivity index is 1.55. The van der Waals surface area contributed by atoms with E-state index in [1.54, 1.807) is 0 Å². The summed E-state index contributed by atoms with van der Waals surface area (Å²) < 4.78 is 7.24. The van der Waals surface area contributed by atoms with E-state index >= 15 is 0 Å². The van der Waals surface area contributed by atoms with E-state index in [9.17, 15) is 9.59 Å². The van der Waals surface area contributed by atoms with Crippen LogP contribution in [0.2, 0.25) is 0 Å². The molecule has 0 radical (unpaired) electrons. The molecule has 1 aromatic carbocycles. The van der Waals surface area contributed by atoms with Gasteiger partial charge in [-0.2, -0.15) is 0 Å². The largest absolute Gasteiger partial charge is 0.466 e. The topological polar surface area (TPSA) is 106 Å².